The Kier molecular flexibility index (Phi) is 7.70. The van der Waals surface area contributed by atoms with Gasteiger partial charge in [-0.25, -0.2) is 0 Å². The number of likely N-dealkylation sites (tertiary alicyclic amines) is 1. The molecule has 2 aliphatic rings. The van der Waals surface area contributed by atoms with Gasteiger partial charge in [0.25, 0.3) is 5.89 Å². The van der Waals surface area contributed by atoms with Gasteiger partial charge in [0.05, 0.1) is 5.92 Å². The summed E-state index contributed by atoms with van der Waals surface area (Å²) in [4.78, 5) is 22.8. The van der Waals surface area contributed by atoms with Crippen molar-refractivity contribution in [2.45, 2.75) is 78.1 Å². The third kappa shape index (κ3) is 5.77. The van der Waals surface area contributed by atoms with Crippen LogP contribution in [0.4, 0.5) is 0 Å². The van der Waals surface area contributed by atoms with Gasteiger partial charge in [0.1, 0.15) is 0 Å². The minimum Gasteiger partial charge on any atom is -0.481 e. The highest BCUT2D eigenvalue weighted by molar-refractivity contribution is 5.71. The number of carbonyl (C=O) groups is 1. The van der Waals surface area contributed by atoms with E-state index in [-0.39, 0.29) is 5.92 Å². The molecule has 1 N–H and O–H groups in total. The summed E-state index contributed by atoms with van der Waals surface area (Å²) in [6.45, 7) is 8.76. The molecule has 3 heterocycles. The van der Waals surface area contributed by atoms with Gasteiger partial charge in [0.2, 0.25) is 5.82 Å². The molecule has 3 aromatic rings. The minimum absolute atomic E-state index is 0.177. The Bertz CT molecular complexity index is 1260. The number of rotatable bonds is 10. The van der Waals surface area contributed by atoms with E-state index in [0.29, 0.717) is 30.7 Å². The van der Waals surface area contributed by atoms with Gasteiger partial charge in [-0.2, -0.15) is 4.98 Å². The average molecular weight is 503 g/mol. The molecule has 0 radical (unpaired) electrons. The smallest absolute Gasteiger partial charge is 0.309 e. The van der Waals surface area contributed by atoms with Crippen molar-refractivity contribution in [2.24, 2.45) is 5.92 Å². The Labute approximate surface area is 219 Å². The lowest BCUT2D eigenvalue weighted by Gasteiger charge is -2.36. The second-order valence-corrected chi connectivity index (χ2v) is 10.9. The quantitative estimate of drug-likeness (QED) is 0.341. The predicted octanol–water partition coefficient (Wildman–Crippen LogP) is 5.97. The zero-order chi connectivity index (χ0) is 25.9. The number of carboxylic acids is 1. The lowest BCUT2D eigenvalue weighted by Crippen LogP contribution is -2.50. The van der Waals surface area contributed by atoms with Crippen LogP contribution in [0.2, 0.25) is 0 Å². The summed E-state index contributed by atoms with van der Waals surface area (Å²) in [5.74, 6) is 0.871. The highest BCUT2D eigenvalue weighted by Gasteiger charge is 2.31. The number of hydrogen-bond donors (Lipinski definition) is 1. The fourth-order valence-corrected chi connectivity index (χ4v) is 5.94. The Morgan fingerprint density at radius 2 is 1.84 bits per heavy atom. The first-order valence-corrected chi connectivity index (χ1v) is 13.8. The maximum absolute atomic E-state index is 11.0. The summed E-state index contributed by atoms with van der Waals surface area (Å²) in [5, 5.41) is 13.4. The van der Waals surface area contributed by atoms with Crippen LogP contribution in [0.5, 0.6) is 0 Å². The summed E-state index contributed by atoms with van der Waals surface area (Å²) in [6, 6.07) is 8.56. The summed E-state index contributed by atoms with van der Waals surface area (Å²) < 4.78 is 5.73. The van der Waals surface area contributed by atoms with E-state index in [1.165, 1.54) is 42.4 Å². The number of benzene rings is 1. The fourth-order valence-electron chi connectivity index (χ4n) is 5.94. The van der Waals surface area contributed by atoms with Gasteiger partial charge in [-0.05, 0) is 99.9 Å². The molecule has 196 valence electrons. The van der Waals surface area contributed by atoms with Crippen molar-refractivity contribution in [3.05, 3.63) is 52.3 Å². The zero-order valence-electron chi connectivity index (χ0n) is 22.3. The van der Waals surface area contributed by atoms with E-state index >= 15 is 0 Å². The van der Waals surface area contributed by atoms with E-state index in [9.17, 15) is 4.79 Å². The van der Waals surface area contributed by atoms with E-state index in [1.807, 2.05) is 13.0 Å². The summed E-state index contributed by atoms with van der Waals surface area (Å²) in [7, 11) is 0. The molecule has 2 aromatic heterocycles. The average Bonchev–Trinajstić information content (AvgIpc) is 3.55. The number of aromatic nitrogens is 3. The molecular weight excluding hydrogens is 464 g/mol. The number of aliphatic carboxylic acids is 1. The highest BCUT2D eigenvalue weighted by atomic mass is 16.5. The SMILES string of the molecule is CCc1cc(-c2noc(-c3cc(C)nc(C4CCCC4)c3)n2)cc(C)c1CCCCN1CC(C(=O)O)C1. The van der Waals surface area contributed by atoms with Gasteiger partial charge in [-0.15, -0.1) is 0 Å². The largest absolute Gasteiger partial charge is 0.481 e. The van der Waals surface area contributed by atoms with Crippen LogP contribution in [0.25, 0.3) is 22.8 Å². The number of aryl methyl sites for hydroxylation is 3. The lowest BCUT2D eigenvalue weighted by molar-refractivity contribution is -0.147. The van der Waals surface area contributed by atoms with E-state index in [0.717, 1.165) is 54.7 Å². The van der Waals surface area contributed by atoms with Crippen molar-refractivity contribution in [1.29, 1.82) is 0 Å². The van der Waals surface area contributed by atoms with Crippen molar-refractivity contribution < 1.29 is 14.4 Å². The Morgan fingerprint density at radius 1 is 1.05 bits per heavy atom. The standard InChI is InChI=1S/C30H38N4O3/c1-4-21-15-23(13-19(2)26(21)11-7-8-12-34-17-25(18-34)30(35)36)28-32-29(37-33-28)24-14-20(3)31-27(16-24)22-9-5-6-10-22/h13-16,22,25H,4-12,17-18H2,1-3H3,(H,35,36). The molecule has 0 spiro atoms. The van der Waals surface area contributed by atoms with Crippen molar-refractivity contribution in [1.82, 2.24) is 20.0 Å². The summed E-state index contributed by atoms with van der Waals surface area (Å²) >= 11 is 0. The van der Waals surface area contributed by atoms with Crippen LogP contribution in [0, 0.1) is 19.8 Å². The number of hydrogen-bond acceptors (Lipinski definition) is 6. The van der Waals surface area contributed by atoms with Crippen LogP contribution in [0.3, 0.4) is 0 Å². The van der Waals surface area contributed by atoms with Crippen LogP contribution in [-0.4, -0.2) is 50.7 Å². The molecule has 0 amide bonds. The van der Waals surface area contributed by atoms with Crippen LogP contribution >= 0.6 is 0 Å². The molecule has 37 heavy (non-hydrogen) atoms. The van der Waals surface area contributed by atoms with Gasteiger partial charge in [0.15, 0.2) is 0 Å². The van der Waals surface area contributed by atoms with E-state index in [4.69, 9.17) is 19.6 Å². The highest BCUT2D eigenvalue weighted by Crippen LogP contribution is 2.35. The van der Waals surface area contributed by atoms with Gasteiger partial charge in [-0.1, -0.05) is 24.9 Å². The fraction of sp³-hybridized carbons (Fsp3) is 0.533. The molecule has 1 saturated carbocycles. The third-order valence-electron chi connectivity index (χ3n) is 8.08. The van der Waals surface area contributed by atoms with Crippen molar-refractivity contribution >= 4 is 5.97 Å². The molecule has 1 aliphatic carbocycles. The van der Waals surface area contributed by atoms with Gasteiger partial charge in [0, 0.05) is 41.5 Å². The molecule has 0 unspecified atom stereocenters. The second kappa shape index (κ2) is 11.1. The monoisotopic (exact) mass is 502 g/mol. The topological polar surface area (TPSA) is 92.4 Å². The van der Waals surface area contributed by atoms with Gasteiger partial charge < -0.3 is 14.5 Å². The molecule has 7 heteroatoms. The van der Waals surface area contributed by atoms with E-state index in [2.05, 4.69) is 42.1 Å². The van der Waals surface area contributed by atoms with Crippen LogP contribution < -0.4 is 0 Å². The first-order valence-electron chi connectivity index (χ1n) is 13.8. The van der Waals surface area contributed by atoms with Crippen molar-refractivity contribution in [2.75, 3.05) is 19.6 Å². The van der Waals surface area contributed by atoms with Crippen LogP contribution in [0.1, 0.15) is 79.4 Å². The normalized spacial score (nSPS) is 16.8. The van der Waals surface area contributed by atoms with Gasteiger partial charge >= 0.3 is 5.97 Å². The summed E-state index contributed by atoms with van der Waals surface area (Å²) in [6.07, 6.45) is 9.14. The molecule has 1 aliphatic heterocycles. The van der Waals surface area contributed by atoms with Crippen LogP contribution in [-0.2, 0) is 17.6 Å². The molecule has 0 bridgehead atoms. The van der Waals surface area contributed by atoms with E-state index < -0.39 is 5.97 Å². The predicted molar refractivity (Wildman–Crippen MR) is 144 cm³/mol. The molecule has 7 nitrogen and oxygen atoms in total. The number of nitrogens with zero attached hydrogens (tertiary/aromatic N) is 4. The Balaban J connectivity index is 1.26. The maximum Gasteiger partial charge on any atom is 0.309 e. The zero-order valence-corrected chi connectivity index (χ0v) is 22.3. The third-order valence-corrected chi connectivity index (χ3v) is 8.08. The molecule has 0 atom stereocenters. The number of carboxylic acid groups (broad SMARTS) is 1. The van der Waals surface area contributed by atoms with Gasteiger partial charge in [-0.3, -0.25) is 9.78 Å². The molecule has 1 saturated heterocycles. The second-order valence-electron chi connectivity index (χ2n) is 10.9. The number of pyridine rings is 1. The first kappa shape index (κ1) is 25.6. The Morgan fingerprint density at radius 3 is 2.57 bits per heavy atom. The van der Waals surface area contributed by atoms with Crippen LogP contribution in [0.15, 0.2) is 28.8 Å². The maximum atomic E-state index is 11.0. The first-order chi connectivity index (χ1) is 17.9. The molecule has 2 fully saturated rings. The lowest BCUT2D eigenvalue weighted by atomic mass is 9.92. The van der Waals surface area contributed by atoms with Crippen molar-refractivity contribution in [3.8, 4) is 22.8 Å². The molecule has 1 aromatic carbocycles. The van der Waals surface area contributed by atoms with Crippen molar-refractivity contribution in [3.63, 3.8) is 0 Å². The molecule has 5 rings (SSSR count). The number of unbranched alkanes of at least 4 members (excludes halogenated alkanes) is 1. The van der Waals surface area contributed by atoms with E-state index in [1.54, 1.807) is 0 Å². The minimum atomic E-state index is -0.669. The Hall–Kier alpha value is -3.06. The molecular formula is C30H38N4O3. The summed E-state index contributed by atoms with van der Waals surface area (Å²) in [5.41, 5.74) is 8.09.